The number of thiazole rings is 4. The molecular weight excluding hydrogens is 1750 g/mol. The van der Waals surface area contributed by atoms with Crippen LogP contribution in [0, 0.1) is 39.4 Å². The molecule has 4 aliphatic heterocycles. The average Bonchev–Trinajstić information content (AvgIpc) is 1.44. The minimum absolute atomic E-state index is 0.0343. The van der Waals surface area contributed by atoms with Crippen LogP contribution in [0.4, 0.5) is 4.39 Å². The highest BCUT2D eigenvalue weighted by atomic mass is 32.1. The summed E-state index contributed by atoms with van der Waals surface area (Å²) in [6.45, 7) is 36.2. The van der Waals surface area contributed by atoms with Gasteiger partial charge in [-0.1, -0.05) is 197 Å². The Labute approximate surface area is 795 Å². The van der Waals surface area contributed by atoms with Gasteiger partial charge < -0.3 is 58.7 Å². The van der Waals surface area contributed by atoms with Gasteiger partial charge in [-0.15, -0.1) is 45.3 Å². The van der Waals surface area contributed by atoms with Gasteiger partial charge in [0.25, 0.3) is 17.7 Å². The Morgan fingerprint density at radius 2 is 0.639 bits per heavy atom. The van der Waals surface area contributed by atoms with E-state index in [2.05, 4.69) is 241 Å². The van der Waals surface area contributed by atoms with E-state index < -0.39 is 0 Å². The molecule has 4 aromatic heterocycles. The van der Waals surface area contributed by atoms with Gasteiger partial charge in [0.05, 0.1) is 37.6 Å². The number of nitrogens with one attached hydrogen (secondary N) is 3. The summed E-state index contributed by atoms with van der Waals surface area (Å²) in [6.07, 6.45) is 2.80. The predicted molar refractivity (Wildman–Crippen MR) is 524 cm³/mol. The van der Waals surface area contributed by atoms with Crippen molar-refractivity contribution in [2.24, 2.45) is 5.92 Å². The van der Waals surface area contributed by atoms with Gasteiger partial charge >= 0.3 is 0 Å². The molecule has 0 bridgehead atoms. The number of aryl methyl sites for hydroxylation is 4. The third-order valence-corrected chi connectivity index (χ3v) is 25.3. The number of rotatable bonds is 39. The highest BCUT2D eigenvalue weighted by Gasteiger charge is 2.26. The zero-order chi connectivity index (χ0) is 93.0. The molecule has 9 aromatic carbocycles. The van der Waals surface area contributed by atoms with E-state index in [0.29, 0.717) is 68.8 Å². The standard InChI is InChI=1S/C29H28FN3O2S.C27H33N3O3S.C25H29N3O3S.C24H27N3O3S/c1-20-3-5-23(6-4-20)15-33(16-24-9-12-27-28(13-24)35-19-34-27)17-29-32-26(18-36-29)21(2)31-14-22-7-10-25(30)11-8-22;1-4-12-30(13-5-2)27(31)23-18-34-26(28-23)17-29(15-21-8-6-20(3)7-9-21)16-22-10-11-24-25(14-22)33-19-32-24;1-17(2)11-26-25(29)21-15-32-24(27-21)14-28(12-19-6-4-18(3)5-7-19)13-20-8-9-22-23(10-20)31-16-30-22;1-3-10-25-24(28)20-15-31-23(26-20)14-27(12-18-6-4-17(2)5-7-18)13-19-8-9-21-22(11-19)30-16-29-21/h3-13,18,31H,2,14-17,19H2,1H3;6-11,14,18H,4-5,12-13,15-17,19H2,1-3H3;4-10,15,17H,11-14,16H2,1-3H3,(H,26,29);4-9,11,15H,3,10,12-14,16H2,1-2H3,(H,25,28). The Morgan fingerprint density at radius 3 is 0.970 bits per heavy atom. The molecule has 694 valence electrons. The van der Waals surface area contributed by atoms with Gasteiger partial charge in [0.1, 0.15) is 42.9 Å². The zero-order valence-corrected chi connectivity index (χ0v) is 80.3. The van der Waals surface area contributed by atoms with Crippen molar-refractivity contribution >= 4 is 68.8 Å². The van der Waals surface area contributed by atoms with Crippen molar-refractivity contribution in [1.82, 2.24) is 60.4 Å². The van der Waals surface area contributed by atoms with E-state index in [1.165, 1.54) is 79.3 Å². The van der Waals surface area contributed by atoms with Gasteiger partial charge in [-0.3, -0.25) is 34.0 Å². The van der Waals surface area contributed by atoms with Crippen molar-refractivity contribution in [3.63, 3.8) is 0 Å². The molecule has 3 N–H and O–H groups in total. The Hall–Kier alpha value is -12.4. The van der Waals surface area contributed by atoms with Crippen molar-refractivity contribution in [1.29, 1.82) is 0 Å². The van der Waals surface area contributed by atoms with Gasteiger partial charge in [-0.25, -0.2) is 24.3 Å². The number of amides is 3. The van der Waals surface area contributed by atoms with Crippen molar-refractivity contribution in [3.8, 4) is 46.0 Å². The van der Waals surface area contributed by atoms with E-state index in [1.54, 1.807) is 34.8 Å². The van der Waals surface area contributed by atoms with Gasteiger partial charge in [0.2, 0.25) is 27.2 Å². The van der Waals surface area contributed by atoms with E-state index in [1.807, 2.05) is 69.7 Å². The molecule has 13 aromatic rings. The van der Waals surface area contributed by atoms with Crippen LogP contribution in [0.3, 0.4) is 0 Å². The van der Waals surface area contributed by atoms with Crippen molar-refractivity contribution in [3.05, 3.63) is 343 Å². The monoisotopic (exact) mass is 1870 g/mol. The molecular formula is C105H117FN12O11S4. The second-order valence-electron chi connectivity index (χ2n) is 33.9. The predicted octanol–water partition coefficient (Wildman–Crippen LogP) is 21.2. The van der Waals surface area contributed by atoms with Crippen LogP contribution in [0.2, 0.25) is 0 Å². The first kappa shape index (κ1) is 96.7. The summed E-state index contributed by atoms with van der Waals surface area (Å²) >= 11 is 6.23. The number of carbonyl (C=O) groups excluding carboxylic acids is 3. The van der Waals surface area contributed by atoms with Gasteiger partial charge in [0.15, 0.2) is 46.0 Å². The number of halogens is 1. The summed E-state index contributed by atoms with van der Waals surface area (Å²) in [6, 6.07) is 65.3. The fraction of sp³-hybridized carbons (Fsp3) is 0.324. The van der Waals surface area contributed by atoms with Crippen LogP contribution in [0.15, 0.2) is 222 Å². The lowest BCUT2D eigenvalue weighted by molar-refractivity contribution is 0.0749. The number of benzene rings is 9. The van der Waals surface area contributed by atoms with Crippen LogP contribution >= 0.6 is 45.3 Å². The molecule has 3 amide bonds. The van der Waals surface area contributed by atoms with Gasteiger partial charge in [0, 0.05) is 107 Å². The molecule has 0 aliphatic carbocycles. The molecule has 0 saturated carbocycles. The van der Waals surface area contributed by atoms with E-state index >= 15 is 0 Å². The van der Waals surface area contributed by atoms with Crippen LogP contribution < -0.4 is 53.8 Å². The maximum atomic E-state index is 13.1. The average molecular weight is 1870 g/mol. The molecule has 0 radical (unpaired) electrons. The molecule has 0 fully saturated rings. The maximum Gasteiger partial charge on any atom is 0.273 e. The van der Waals surface area contributed by atoms with E-state index in [9.17, 15) is 18.8 Å². The summed E-state index contributed by atoms with van der Waals surface area (Å²) < 4.78 is 57.2. The number of carbonyl (C=O) groups is 3. The molecule has 28 heteroatoms. The summed E-state index contributed by atoms with van der Waals surface area (Å²) in [4.78, 5) is 67.6. The molecule has 0 spiro atoms. The fourth-order valence-corrected chi connectivity index (χ4v) is 18.3. The summed E-state index contributed by atoms with van der Waals surface area (Å²) in [5, 5.41) is 20.6. The molecule has 23 nitrogen and oxygen atoms in total. The first-order valence-electron chi connectivity index (χ1n) is 45.1. The highest BCUT2D eigenvalue weighted by molar-refractivity contribution is 7.10. The fourth-order valence-electron chi connectivity index (χ4n) is 15.0. The first-order valence-corrected chi connectivity index (χ1v) is 48.6. The smallest absolute Gasteiger partial charge is 0.273 e. The largest absolute Gasteiger partial charge is 0.454 e. The Bertz CT molecular complexity index is 5960. The normalized spacial score (nSPS) is 12.4. The first-order chi connectivity index (χ1) is 64.6. The second-order valence-corrected chi connectivity index (χ2v) is 37.7. The van der Waals surface area contributed by atoms with Crippen LogP contribution in [0.5, 0.6) is 46.0 Å². The summed E-state index contributed by atoms with van der Waals surface area (Å²) in [7, 11) is 0. The molecule has 0 saturated heterocycles. The van der Waals surface area contributed by atoms with Crippen molar-refractivity contribution in [2.45, 2.75) is 167 Å². The molecule has 4 aliphatic rings. The maximum absolute atomic E-state index is 13.1. The third-order valence-electron chi connectivity index (χ3n) is 22.0. The second kappa shape index (κ2) is 48.3. The van der Waals surface area contributed by atoms with Crippen LogP contribution in [0.1, 0.15) is 183 Å². The SMILES string of the molecule is C=C(NCc1ccc(F)cc1)c1csc(CN(Cc2ccc(C)cc2)Cc2ccc3c(c2)OCO3)n1.CCCN(CCC)C(=O)c1csc(CN(Cc2ccc(C)cc2)Cc2ccc3c(c2)OCO3)n1.CCCNC(=O)c1csc(CN(Cc2ccc(C)cc2)Cc2ccc3c(c2)OCO3)n1.Cc1ccc(CN(Cc2ccc3c(c2)OCO3)Cc2nc(C(=O)NCC(C)C)cs2)cc1. The highest BCUT2D eigenvalue weighted by Crippen LogP contribution is 2.38. The Kier molecular flexibility index (Phi) is 35.1. The van der Waals surface area contributed by atoms with Crippen LogP contribution in [0.25, 0.3) is 5.70 Å². The number of nitrogens with zero attached hydrogens (tertiary/aromatic N) is 9. The van der Waals surface area contributed by atoms with E-state index in [4.69, 9.17) is 47.9 Å². The lowest BCUT2D eigenvalue weighted by Crippen LogP contribution is -2.32. The lowest BCUT2D eigenvalue weighted by Gasteiger charge is -2.22. The number of hydrogen-bond donors (Lipinski definition) is 3. The molecule has 8 heterocycles. The lowest BCUT2D eigenvalue weighted by atomic mass is 10.1. The molecule has 133 heavy (non-hydrogen) atoms. The van der Waals surface area contributed by atoms with E-state index in [0.717, 1.165) is 190 Å². The number of hydrogen-bond acceptors (Lipinski definition) is 24. The third kappa shape index (κ3) is 29.3. The molecule has 0 atom stereocenters. The van der Waals surface area contributed by atoms with E-state index in [-0.39, 0.29) is 50.7 Å². The molecule has 17 rings (SSSR count). The van der Waals surface area contributed by atoms with Crippen molar-refractivity contribution < 1.29 is 56.7 Å². The minimum Gasteiger partial charge on any atom is -0.454 e. The van der Waals surface area contributed by atoms with Gasteiger partial charge in [-0.2, -0.15) is 0 Å². The quantitative estimate of drug-likeness (QED) is 0.0325. The van der Waals surface area contributed by atoms with Crippen molar-refractivity contribution in [2.75, 3.05) is 53.4 Å². The van der Waals surface area contributed by atoms with Crippen LogP contribution in [-0.4, -0.2) is 116 Å². The minimum atomic E-state index is -0.238. The topological polar surface area (TPSA) is 229 Å². The number of fused-ring (bicyclic) bond motifs is 4. The summed E-state index contributed by atoms with van der Waals surface area (Å²) in [5.74, 6) is 6.31. The zero-order valence-electron chi connectivity index (χ0n) is 77.1. The number of aromatic nitrogens is 4. The summed E-state index contributed by atoms with van der Waals surface area (Å²) in [5.41, 5.74) is 18.7. The Morgan fingerprint density at radius 1 is 0.353 bits per heavy atom. The molecule has 0 unspecified atom stereocenters. The van der Waals surface area contributed by atoms with Crippen LogP contribution in [-0.2, 0) is 85.1 Å². The number of ether oxygens (including phenoxy) is 8. The Balaban J connectivity index is 0.000000143. The van der Waals surface area contributed by atoms with Gasteiger partial charge in [-0.05, 0) is 164 Å².